The number of hydrogen-bond acceptors (Lipinski definition) is 1. The zero-order valence-electron chi connectivity index (χ0n) is 4.59. The van der Waals surface area contributed by atoms with Crippen molar-refractivity contribution in [2.24, 2.45) is 0 Å². The quantitative estimate of drug-likeness (QED) is 0.529. The lowest BCUT2D eigenvalue weighted by Gasteiger charge is -2.26. The highest BCUT2D eigenvalue weighted by atomic mass is 35.5. The lowest BCUT2D eigenvalue weighted by Crippen LogP contribution is -2.49. The molecule has 0 aromatic heterocycles. The molecule has 11 heavy (non-hydrogen) atoms. The fourth-order valence-electron chi connectivity index (χ4n) is 0.171. The van der Waals surface area contributed by atoms with E-state index in [2.05, 4.69) is 23.2 Å². The van der Waals surface area contributed by atoms with Gasteiger partial charge in [-0.25, -0.2) is 0 Å². The second-order valence-corrected chi connectivity index (χ2v) is 2.94. The Hall–Kier alpha value is 0.190. The molecule has 68 valence electrons. The van der Waals surface area contributed by atoms with E-state index in [1.54, 1.807) is 0 Å². The largest absolute Gasteiger partial charge is 0.430 e. The van der Waals surface area contributed by atoms with E-state index in [9.17, 15) is 22.0 Å². The molecule has 8 heteroatoms. The van der Waals surface area contributed by atoms with Gasteiger partial charge in [-0.2, -0.15) is 22.0 Å². The normalized spacial score (nSPS) is 15.3. The van der Waals surface area contributed by atoms with Crippen molar-refractivity contribution < 1.29 is 27.1 Å². The molecule has 0 unspecified atom stereocenters. The van der Waals surface area contributed by atoms with Crippen molar-refractivity contribution in [1.82, 2.24) is 0 Å². The second-order valence-electron chi connectivity index (χ2n) is 1.61. The molecule has 0 atom stereocenters. The lowest BCUT2D eigenvalue weighted by molar-refractivity contribution is -0.277. The molecule has 0 spiro atoms. The van der Waals surface area contributed by atoms with Crippen molar-refractivity contribution in [2.75, 3.05) is 0 Å². The summed E-state index contributed by atoms with van der Waals surface area (Å²) < 4.78 is 53.0. The molecule has 0 heterocycles. The Morgan fingerprint density at radius 3 is 1.18 bits per heavy atom. The highest BCUT2D eigenvalue weighted by Crippen LogP contribution is 2.48. The summed E-state index contributed by atoms with van der Waals surface area (Å²) in [6.07, 6.45) is -10.8. The number of hydrogen-bond donors (Lipinski definition) is 1. The van der Waals surface area contributed by atoms with E-state index < -0.39 is 16.6 Å². The van der Waals surface area contributed by atoms with Gasteiger partial charge in [0.05, 0.1) is 0 Å². The summed E-state index contributed by atoms with van der Waals surface area (Å²) in [7, 11) is 0. The minimum atomic E-state index is -5.59. The van der Waals surface area contributed by atoms with Crippen LogP contribution in [0.1, 0.15) is 0 Å². The van der Waals surface area contributed by atoms with Gasteiger partial charge in [0.1, 0.15) is 0 Å². The van der Waals surface area contributed by atoms with E-state index in [-0.39, 0.29) is 0 Å². The first kappa shape index (κ1) is 11.2. The molecule has 0 aliphatic heterocycles. The van der Waals surface area contributed by atoms with Gasteiger partial charge in [-0.05, 0) is 0 Å². The van der Waals surface area contributed by atoms with Crippen LogP contribution in [0.3, 0.4) is 0 Å². The van der Waals surface area contributed by atoms with Crippen LogP contribution in [0.2, 0.25) is 0 Å². The topological polar surface area (TPSA) is 20.2 Å². The Morgan fingerprint density at radius 2 is 1.18 bits per heavy atom. The zero-order chi connectivity index (χ0) is 9.50. The minimum absolute atomic E-state index is 4.13. The summed E-state index contributed by atoms with van der Waals surface area (Å²) >= 11 is 8.26. The van der Waals surface area contributed by atoms with Gasteiger partial charge in [-0.15, -0.1) is 0 Å². The summed E-state index contributed by atoms with van der Waals surface area (Å²) in [5.41, 5.74) is 0. The molecule has 1 nitrogen and oxygen atoms in total. The lowest BCUT2D eigenvalue weighted by atomic mass is 10.4. The van der Waals surface area contributed by atoms with E-state index in [1.807, 2.05) is 0 Å². The van der Waals surface area contributed by atoms with E-state index in [4.69, 9.17) is 5.11 Å². The fourth-order valence-corrected chi connectivity index (χ4v) is 0.171. The van der Waals surface area contributed by atoms with Crippen LogP contribution in [-0.4, -0.2) is 21.7 Å². The van der Waals surface area contributed by atoms with Crippen LogP contribution in [0.4, 0.5) is 22.0 Å². The Balaban J connectivity index is 4.75. The molecule has 0 rings (SSSR count). The molecule has 0 aliphatic rings. The second kappa shape index (κ2) is 2.60. The standard InChI is InChI=1S/C3HCl2F5O/c4-1(5,2(6,7)8)3(9,10)11/h11H. The van der Waals surface area contributed by atoms with Crippen molar-refractivity contribution in [3.05, 3.63) is 0 Å². The summed E-state index contributed by atoms with van der Waals surface area (Å²) in [5, 5.41) is 7.56. The highest BCUT2D eigenvalue weighted by Gasteiger charge is 2.68. The van der Waals surface area contributed by atoms with E-state index in [1.165, 1.54) is 0 Å². The monoisotopic (exact) mass is 218 g/mol. The predicted octanol–water partition coefficient (Wildman–Crippen LogP) is 2.31. The Labute approximate surface area is 67.7 Å². The van der Waals surface area contributed by atoms with Gasteiger partial charge in [-0.3, -0.25) is 0 Å². The third kappa shape index (κ3) is 2.07. The summed E-state index contributed by atoms with van der Waals surface area (Å²) in [5.74, 6) is 0. The summed E-state index contributed by atoms with van der Waals surface area (Å²) in [4.78, 5) is 0. The Morgan fingerprint density at radius 1 is 0.909 bits per heavy atom. The first-order valence-corrected chi connectivity index (χ1v) is 2.80. The van der Waals surface area contributed by atoms with Gasteiger partial charge in [0.15, 0.2) is 0 Å². The van der Waals surface area contributed by atoms with Crippen LogP contribution in [0.5, 0.6) is 0 Å². The molecule has 0 aromatic rings. The molecule has 0 saturated heterocycles. The van der Waals surface area contributed by atoms with Crippen LogP contribution in [0.25, 0.3) is 0 Å². The van der Waals surface area contributed by atoms with Crippen LogP contribution >= 0.6 is 23.2 Å². The fraction of sp³-hybridized carbons (Fsp3) is 1.00. The highest BCUT2D eigenvalue weighted by molar-refractivity contribution is 6.49. The number of halogens is 7. The van der Waals surface area contributed by atoms with Gasteiger partial charge >= 0.3 is 16.6 Å². The number of rotatable bonds is 1. The molecular formula is C3HCl2F5O. The van der Waals surface area contributed by atoms with E-state index in [0.29, 0.717) is 0 Å². The molecule has 0 fully saturated rings. The average Bonchev–Trinajstić information content (AvgIpc) is 1.58. The smallest absolute Gasteiger partial charge is 0.334 e. The van der Waals surface area contributed by atoms with Gasteiger partial charge in [0.2, 0.25) is 0 Å². The third-order valence-electron chi connectivity index (χ3n) is 0.734. The summed E-state index contributed by atoms with van der Waals surface area (Å²) in [6, 6.07) is 0. The molecule has 0 radical (unpaired) electrons. The van der Waals surface area contributed by atoms with Crippen LogP contribution in [0, 0.1) is 0 Å². The SMILES string of the molecule is OC(F)(F)C(Cl)(Cl)C(F)(F)F. The summed E-state index contributed by atoms with van der Waals surface area (Å²) in [6.45, 7) is 0. The molecule has 0 aliphatic carbocycles. The van der Waals surface area contributed by atoms with E-state index in [0.717, 1.165) is 0 Å². The maximum absolute atomic E-state index is 11.6. The molecule has 0 aromatic carbocycles. The van der Waals surface area contributed by atoms with Crippen molar-refractivity contribution in [3.8, 4) is 0 Å². The van der Waals surface area contributed by atoms with Gasteiger partial charge in [-0.1, -0.05) is 23.2 Å². The van der Waals surface area contributed by atoms with Crippen molar-refractivity contribution in [1.29, 1.82) is 0 Å². The molecular weight excluding hydrogens is 218 g/mol. The first-order valence-electron chi connectivity index (χ1n) is 2.05. The van der Waals surface area contributed by atoms with Crippen LogP contribution in [-0.2, 0) is 0 Å². The van der Waals surface area contributed by atoms with Gasteiger partial charge < -0.3 is 5.11 Å². The van der Waals surface area contributed by atoms with Gasteiger partial charge in [0.25, 0.3) is 0 Å². The maximum atomic E-state index is 11.6. The van der Waals surface area contributed by atoms with Crippen molar-refractivity contribution >= 4 is 23.2 Å². The molecule has 0 bridgehead atoms. The zero-order valence-corrected chi connectivity index (χ0v) is 6.10. The van der Waals surface area contributed by atoms with Crippen molar-refractivity contribution in [2.45, 2.75) is 16.6 Å². The molecule has 0 saturated carbocycles. The average molecular weight is 219 g/mol. The van der Waals surface area contributed by atoms with Crippen LogP contribution < -0.4 is 0 Å². The molecule has 1 N–H and O–H groups in total. The van der Waals surface area contributed by atoms with Crippen molar-refractivity contribution in [3.63, 3.8) is 0 Å². The molecule has 0 amide bonds. The van der Waals surface area contributed by atoms with Gasteiger partial charge in [0, 0.05) is 0 Å². The van der Waals surface area contributed by atoms with Crippen LogP contribution in [0.15, 0.2) is 0 Å². The third-order valence-corrected chi connectivity index (χ3v) is 1.62. The number of aliphatic hydroxyl groups is 1. The first-order chi connectivity index (χ1) is 4.50. The predicted molar refractivity (Wildman–Crippen MR) is 27.7 cm³/mol. The Kier molecular flexibility index (Phi) is 2.65. The van der Waals surface area contributed by atoms with E-state index >= 15 is 0 Å². The number of alkyl halides is 7. The maximum Gasteiger partial charge on any atom is 0.430 e. The Bertz CT molecular complexity index is 131. The minimum Gasteiger partial charge on any atom is -0.334 e.